The second-order valence-electron chi connectivity index (χ2n) is 6.00. The second-order valence-corrected chi connectivity index (χ2v) is 6.00. The van der Waals surface area contributed by atoms with Gasteiger partial charge in [0.1, 0.15) is 17.6 Å². The van der Waals surface area contributed by atoms with Crippen LogP contribution in [0.25, 0.3) is 0 Å². The molecule has 6 heteroatoms. The van der Waals surface area contributed by atoms with Gasteiger partial charge in [-0.25, -0.2) is 4.98 Å². The zero-order valence-electron chi connectivity index (χ0n) is 14.7. The van der Waals surface area contributed by atoms with Gasteiger partial charge in [0.25, 0.3) is 5.91 Å². The van der Waals surface area contributed by atoms with Gasteiger partial charge in [-0.1, -0.05) is 6.07 Å². The fourth-order valence-corrected chi connectivity index (χ4v) is 2.88. The van der Waals surface area contributed by atoms with Crippen LogP contribution in [0.1, 0.15) is 22.5 Å². The summed E-state index contributed by atoms with van der Waals surface area (Å²) in [5.41, 5.74) is 1.46. The van der Waals surface area contributed by atoms with E-state index < -0.39 is 0 Å². The van der Waals surface area contributed by atoms with Crippen LogP contribution < -0.4 is 14.2 Å². The lowest BCUT2D eigenvalue weighted by Gasteiger charge is -2.18. The topological polar surface area (TPSA) is 60.9 Å². The number of aromatic nitrogens is 1. The molecule has 1 amide bonds. The number of benzene rings is 1. The first-order valence-corrected chi connectivity index (χ1v) is 8.21. The lowest BCUT2D eigenvalue weighted by molar-refractivity contribution is 0.0770. The summed E-state index contributed by atoms with van der Waals surface area (Å²) in [6.45, 7) is 3.11. The van der Waals surface area contributed by atoms with E-state index in [4.69, 9.17) is 14.2 Å². The highest BCUT2D eigenvalue weighted by Crippen LogP contribution is 2.25. The summed E-state index contributed by atoms with van der Waals surface area (Å²) < 4.78 is 16.4. The molecule has 0 spiro atoms. The Morgan fingerprint density at radius 2 is 1.88 bits per heavy atom. The zero-order valence-corrected chi connectivity index (χ0v) is 14.7. The molecule has 1 atom stereocenters. The van der Waals surface area contributed by atoms with Gasteiger partial charge < -0.3 is 19.1 Å². The first-order valence-electron chi connectivity index (χ1n) is 8.21. The minimum atomic E-state index is -0.0551. The number of carbonyl (C=O) groups is 1. The van der Waals surface area contributed by atoms with E-state index in [1.54, 1.807) is 37.3 Å². The first-order chi connectivity index (χ1) is 12.1. The molecular formula is C19H22N2O4. The van der Waals surface area contributed by atoms with Gasteiger partial charge >= 0.3 is 0 Å². The van der Waals surface area contributed by atoms with Crippen molar-refractivity contribution in [3.05, 3.63) is 47.7 Å². The van der Waals surface area contributed by atoms with E-state index in [9.17, 15) is 4.79 Å². The summed E-state index contributed by atoms with van der Waals surface area (Å²) in [4.78, 5) is 18.9. The largest absolute Gasteiger partial charge is 0.497 e. The van der Waals surface area contributed by atoms with Crippen LogP contribution in [0.15, 0.2) is 36.4 Å². The van der Waals surface area contributed by atoms with Crippen molar-refractivity contribution in [2.75, 3.05) is 27.3 Å². The summed E-state index contributed by atoms with van der Waals surface area (Å²) in [7, 11) is 3.13. The Kier molecular flexibility index (Phi) is 5.07. The van der Waals surface area contributed by atoms with Crippen LogP contribution >= 0.6 is 0 Å². The Balaban J connectivity index is 1.68. The van der Waals surface area contributed by atoms with Gasteiger partial charge in [0.05, 0.1) is 20.8 Å². The van der Waals surface area contributed by atoms with E-state index in [0.717, 1.165) is 12.1 Å². The van der Waals surface area contributed by atoms with Crippen molar-refractivity contribution >= 4 is 5.91 Å². The lowest BCUT2D eigenvalue weighted by atomic mass is 10.1. The highest BCUT2D eigenvalue weighted by atomic mass is 16.5. The van der Waals surface area contributed by atoms with Gasteiger partial charge in [0, 0.05) is 36.4 Å². The Bertz CT molecular complexity index is 741. The van der Waals surface area contributed by atoms with Crippen LogP contribution in [0.5, 0.6) is 17.4 Å². The van der Waals surface area contributed by atoms with Gasteiger partial charge in [-0.3, -0.25) is 4.79 Å². The number of ether oxygens (including phenoxy) is 3. The minimum absolute atomic E-state index is 0.0502. The molecule has 0 N–H and O–H groups in total. The van der Waals surface area contributed by atoms with E-state index in [0.29, 0.717) is 36.0 Å². The molecule has 6 nitrogen and oxygen atoms in total. The van der Waals surface area contributed by atoms with Crippen molar-refractivity contribution in [2.24, 2.45) is 0 Å². The van der Waals surface area contributed by atoms with Crippen LogP contribution in [0.4, 0.5) is 0 Å². The van der Waals surface area contributed by atoms with Crippen LogP contribution in [-0.2, 0) is 0 Å². The molecular weight excluding hydrogens is 320 g/mol. The average molecular weight is 342 g/mol. The molecule has 3 rings (SSSR count). The fraction of sp³-hybridized carbons (Fsp3) is 0.368. The summed E-state index contributed by atoms with van der Waals surface area (Å²) in [6, 6.07) is 10.9. The predicted octanol–water partition coefficient (Wildman–Crippen LogP) is 2.70. The molecule has 132 valence electrons. The number of amides is 1. The maximum Gasteiger partial charge on any atom is 0.254 e. The normalized spacial score (nSPS) is 16.6. The number of hydrogen-bond acceptors (Lipinski definition) is 5. The van der Waals surface area contributed by atoms with Gasteiger partial charge in [-0.05, 0) is 25.1 Å². The van der Waals surface area contributed by atoms with E-state index in [2.05, 4.69) is 4.98 Å². The lowest BCUT2D eigenvalue weighted by Crippen LogP contribution is -2.31. The summed E-state index contributed by atoms with van der Waals surface area (Å²) in [6.07, 6.45) is 0.730. The fourth-order valence-electron chi connectivity index (χ4n) is 2.88. The molecule has 1 unspecified atom stereocenters. The predicted molar refractivity (Wildman–Crippen MR) is 93.5 cm³/mol. The molecule has 25 heavy (non-hydrogen) atoms. The van der Waals surface area contributed by atoms with Gasteiger partial charge in [0.2, 0.25) is 5.88 Å². The van der Waals surface area contributed by atoms with Gasteiger partial charge in [-0.2, -0.15) is 0 Å². The maximum absolute atomic E-state index is 12.8. The Hall–Kier alpha value is -2.76. The van der Waals surface area contributed by atoms with Crippen molar-refractivity contribution in [3.63, 3.8) is 0 Å². The van der Waals surface area contributed by atoms with E-state index in [-0.39, 0.29) is 12.0 Å². The molecule has 0 radical (unpaired) electrons. The zero-order chi connectivity index (χ0) is 17.8. The molecule has 1 aliphatic rings. The number of methoxy groups -OCH3 is 2. The number of pyridine rings is 1. The molecule has 0 aliphatic carbocycles. The summed E-state index contributed by atoms with van der Waals surface area (Å²) in [5, 5.41) is 0. The molecule has 2 aromatic rings. The third-order valence-corrected chi connectivity index (χ3v) is 4.18. The highest BCUT2D eigenvalue weighted by molar-refractivity contribution is 5.95. The number of aryl methyl sites for hydroxylation is 1. The molecule has 1 aromatic carbocycles. The summed E-state index contributed by atoms with van der Waals surface area (Å²) in [5.74, 6) is 1.74. The number of hydrogen-bond donors (Lipinski definition) is 0. The minimum Gasteiger partial charge on any atom is -0.497 e. The number of rotatable bonds is 5. The van der Waals surface area contributed by atoms with E-state index >= 15 is 0 Å². The monoisotopic (exact) mass is 342 g/mol. The van der Waals surface area contributed by atoms with Crippen LogP contribution in [0.2, 0.25) is 0 Å². The highest BCUT2D eigenvalue weighted by Gasteiger charge is 2.29. The number of nitrogens with zero attached hydrogens (tertiary/aromatic N) is 2. The molecule has 0 bridgehead atoms. The average Bonchev–Trinajstić information content (AvgIpc) is 3.09. The third kappa shape index (κ3) is 4.02. The van der Waals surface area contributed by atoms with Crippen LogP contribution in [-0.4, -0.2) is 49.2 Å². The van der Waals surface area contributed by atoms with Crippen molar-refractivity contribution < 1.29 is 19.0 Å². The van der Waals surface area contributed by atoms with Crippen molar-refractivity contribution in [1.29, 1.82) is 0 Å². The van der Waals surface area contributed by atoms with Crippen LogP contribution in [0.3, 0.4) is 0 Å². The molecule has 2 heterocycles. The smallest absolute Gasteiger partial charge is 0.254 e. The molecule has 1 fully saturated rings. The van der Waals surface area contributed by atoms with Gasteiger partial charge in [-0.15, -0.1) is 0 Å². The molecule has 1 saturated heterocycles. The molecule has 1 aromatic heterocycles. The van der Waals surface area contributed by atoms with E-state index in [1.165, 1.54) is 0 Å². The van der Waals surface area contributed by atoms with Crippen LogP contribution in [0, 0.1) is 6.92 Å². The maximum atomic E-state index is 12.8. The Labute approximate surface area is 147 Å². The van der Waals surface area contributed by atoms with Crippen molar-refractivity contribution in [1.82, 2.24) is 9.88 Å². The van der Waals surface area contributed by atoms with E-state index in [1.807, 2.05) is 25.1 Å². The summed E-state index contributed by atoms with van der Waals surface area (Å²) >= 11 is 0. The Morgan fingerprint density at radius 1 is 1.16 bits per heavy atom. The van der Waals surface area contributed by atoms with Crippen molar-refractivity contribution in [2.45, 2.75) is 19.4 Å². The standard InChI is InChI=1S/C19H22N2O4/c1-13-5-4-6-18(20-13)25-15-7-8-21(12-15)19(22)14-9-16(23-2)11-17(10-14)24-3/h4-6,9-11,15H,7-8,12H2,1-3H3. The SMILES string of the molecule is COc1cc(OC)cc(C(=O)N2CCC(Oc3cccc(C)n3)C2)c1. The first kappa shape index (κ1) is 17.1. The molecule has 1 aliphatic heterocycles. The van der Waals surface area contributed by atoms with Gasteiger partial charge in [0.15, 0.2) is 0 Å². The molecule has 0 saturated carbocycles. The van der Waals surface area contributed by atoms with Crippen molar-refractivity contribution in [3.8, 4) is 17.4 Å². The number of carbonyl (C=O) groups excluding carboxylic acids is 1. The quantitative estimate of drug-likeness (QED) is 0.836. The second kappa shape index (κ2) is 7.42. The Morgan fingerprint density at radius 3 is 2.52 bits per heavy atom. The third-order valence-electron chi connectivity index (χ3n) is 4.18. The number of likely N-dealkylation sites (tertiary alicyclic amines) is 1.